The Labute approximate surface area is 105 Å². The van der Waals surface area contributed by atoms with Crippen LogP contribution in [0.4, 0.5) is 0 Å². The molecule has 0 aliphatic heterocycles. The van der Waals surface area contributed by atoms with E-state index in [2.05, 4.69) is 10.1 Å². The number of carbonyl (C=O) groups excluding carboxylic acids is 2. The van der Waals surface area contributed by atoms with Crippen LogP contribution in [-0.2, 0) is 20.9 Å². The largest absolute Gasteiger partial charge is 0.497 e. The SMILES string of the molecule is COC(=O)C(=O)NCc1ccc(OC)cc1OC. The van der Waals surface area contributed by atoms with Crippen molar-refractivity contribution in [1.29, 1.82) is 0 Å². The first-order valence-electron chi connectivity index (χ1n) is 5.19. The highest BCUT2D eigenvalue weighted by Gasteiger charge is 2.14. The molecule has 0 radical (unpaired) electrons. The van der Waals surface area contributed by atoms with Crippen LogP contribution in [0.3, 0.4) is 0 Å². The fourth-order valence-corrected chi connectivity index (χ4v) is 1.34. The Morgan fingerprint density at radius 2 is 1.89 bits per heavy atom. The summed E-state index contributed by atoms with van der Waals surface area (Å²) in [6.07, 6.45) is 0. The van der Waals surface area contributed by atoms with Crippen molar-refractivity contribution in [3.8, 4) is 11.5 Å². The fraction of sp³-hybridized carbons (Fsp3) is 0.333. The summed E-state index contributed by atoms with van der Waals surface area (Å²) in [4.78, 5) is 22.1. The van der Waals surface area contributed by atoms with E-state index in [0.717, 1.165) is 12.7 Å². The van der Waals surface area contributed by atoms with Gasteiger partial charge in [-0.1, -0.05) is 0 Å². The first kappa shape index (κ1) is 13.8. The van der Waals surface area contributed by atoms with Gasteiger partial charge in [0.05, 0.1) is 21.3 Å². The molecular formula is C12H15NO5. The van der Waals surface area contributed by atoms with Gasteiger partial charge in [-0.25, -0.2) is 4.79 Å². The van der Waals surface area contributed by atoms with Crippen molar-refractivity contribution in [2.75, 3.05) is 21.3 Å². The van der Waals surface area contributed by atoms with E-state index in [-0.39, 0.29) is 6.54 Å². The minimum absolute atomic E-state index is 0.168. The van der Waals surface area contributed by atoms with Crippen molar-refractivity contribution >= 4 is 11.9 Å². The Morgan fingerprint density at radius 3 is 2.44 bits per heavy atom. The predicted octanol–water partition coefficient (Wildman–Crippen LogP) is 0.493. The molecule has 0 unspecified atom stereocenters. The molecule has 0 saturated carbocycles. The molecule has 1 aromatic rings. The molecule has 0 heterocycles. The van der Waals surface area contributed by atoms with Crippen molar-refractivity contribution in [1.82, 2.24) is 5.32 Å². The summed E-state index contributed by atoms with van der Waals surface area (Å²) < 4.78 is 14.5. The molecule has 6 nitrogen and oxygen atoms in total. The molecule has 98 valence electrons. The normalized spacial score (nSPS) is 9.50. The molecule has 1 aromatic carbocycles. The van der Waals surface area contributed by atoms with E-state index in [1.807, 2.05) is 0 Å². The van der Waals surface area contributed by atoms with Crippen LogP contribution in [0.5, 0.6) is 11.5 Å². The number of nitrogens with one attached hydrogen (secondary N) is 1. The van der Waals surface area contributed by atoms with E-state index in [4.69, 9.17) is 9.47 Å². The average Bonchev–Trinajstić information content (AvgIpc) is 2.43. The maximum absolute atomic E-state index is 11.2. The Balaban J connectivity index is 2.73. The Bertz CT molecular complexity index is 444. The standard InChI is InChI=1S/C12H15NO5/c1-16-9-5-4-8(10(6-9)17-2)7-13-11(14)12(15)18-3/h4-6H,7H2,1-3H3,(H,13,14). The van der Waals surface area contributed by atoms with Crippen LogP contribution >= 0.6 is 0 Å². The quantitative estimate of drug-likeness (QED) is 0.624. The molecule has 0 fully saturated rings. The summed E-state index contributed by atoms with van der Waals surface area (Å²) >= 11 is 0. The number of hydrogen-bond donors (Lipinski definition) is 1. The summed E-state index contributed by atoms with van der Waals surface area (Å²) in [6.45, 7) is 0.168. The number of benzene rings is 1. The zero-order valence-electron chi connectivity index (χ0n) is 10.5. The summed E-state index contributed by atoms with van der Waals surface area (Å²) in [7, 11) is 4.21. The van der Waals surface area contributed by atoms with Gasteiger partial charge in [-0.15, -0.1) is 0 Å². The average molecular weight is 253 g/mol. The van der Waals surface area contributed by atoms with Gasteiger partial charge in [-0.2, -0.15) is 0 Å². The number of amides is 1. The lowest BCUT2D eigenvalue weighted by molar-refractivity contribution is -0.152. The second-order valence-corrected chi connectivity index (χ2v) is 3.35. The molecule has 1 rings (SSSR count). The zero-order valence-corrected chi connectivity index (χ0v) is 10.5. The number of rotatable bonds is 4. The third-order valence-electron chi connectivity index (χ3n) is 2.30. The highest BCUT2D eigenvalue weighted by molar-refractivity contribution is 6.32. The smallest absolute Gasteiger partial charge is 0.396 e. The van der Waals surface area contributed by atoms with Gasteiger partial charge < -0.3 is 19.5 Å². The third kappa shape index (κ3) is 3.38. The number of ether oxygens (including phenoxy) is 3. The Hall–Kier alpha value is -2.24. The summed E-state index contributed by atoms with van der Waals surface area (Å²) in [5.41, 5.74) is 0.732. The zero-order chi connectivity index (χ0) is 13.5. The van der Waals surface area contributed by atoms with Crippen molar-refractivity contribution in [3.63, 3.8) is 0 Å². The second kappa shape index (κ2) is 6.48. The van der Waals surface area contributed by atoms with Gasteiger partial charge in [0.15, 0.2) is 0 Å². The lowest BCUT2D eigenvalue weighted by Gasteiger charge is -2.10. The highest BCUT2D eigenvalue weighted by atomic mass is 16.5. The molecule has 6 heteroatoms. The Morgan fingerprint density at radius 1 is 1.17 bits per heavy atom. The maximum Gasteiger partial charge on any atom is 0.396 e. The van der Waals surface area contributed by atoms with Crippen LogP contribution in [0.15, 0.2) is 18.2 Å². The molecule has 0 aliphatic rings. The van der Waals surface area contributed by atoms with E-state index in [0.29, 0.717) is 11.5 Å². The third-order valence-corrected chi connectivity index (χ3v) is 2.30. The first-order valence-corrected chi connectivity index (χ1v) is 5.19. The van der Waals surface area contributed by atoms with Crippen molar-refractivity contribution in [2.45, 2.75) is 6.54 Å². The molecule has 0 atom stereocenters. The van der Waals surface area contributed by atoms with Crippen LogP contribution < -0.4 is 14.8 Å². The van der Waals surface area contributed by atoms with Gasteiger partial charge in [0, 0.05) is 18.2 Å². The minimum atomic E-state index is -0.928. The van der Waals surface area contributed by atoms with Gasteiger partial charge in [0.2, 0.25) is 0 Å². The van der Waals surface area contributed by atoms with E-state index in [9.17, 15) is 9.59 Å². The molecule has 0 bridgehead atoms. The van der Waals surface area contributed by atoms with Gasteiger partial charge in [-0.3, -0.25) is 4.79 Å². The maximum atomic E-state index is 11.2. The van der Waals surface area contributed by atoms with E-state index in [1.54, 1.807) is 25.3 Å². The topological polar surface area (TPSA) is 73.9 Å². The number of methoxy groups -OCH3 is 3. The molecule has 0 aromatic heterocycles. The van der Waals surface area contributed by atoms with Crippen LogP contribution in [-0.4, -0.2) is 33.2 Å². The highest BCUT2D eigenvalue weighted by Crippen LogP contribution is 2.24. The molecule has 18 heavy (non-hydrogen) atoms. The predicted molar refractivity (Wildman–Crippen MR) is 63.4 cm³/mol. The minimum Gasteiger partial charge on any atom is -0.497 e. The van der Waals surface area contributed by atoms with Gasteiger partial charge in [-0.05, 0) is 12.1 Å². The lowest BCUT2D eigenvalue weighted by atomic mass is 10.2. The molecule has 0 spiro atoms. The van der Waals surface area contributed by atoms with Crippen LogP contribution in [0.2, 0.25) is 0 Å². The van der Waals surface area contributed by atoms with Crippen molar-refractivity contribution < 1.29 is 23.8 Å². The van der Waals surface area contributed by atoms with Gasteiger partial charge in [0.25, 0.3) is 0 Å². The monoisotopic (exact) mass is 253 g/mol. The molecule has 0 aliphatic carbocycles. The van der Waals surface area contributed by atoms with E-state index in [1.165, 1.54) is 7.11 Å². The van der Waals surface area contributed by atoms with E-state index < -0.39 is 11.9 Å². The molecule has 0 saturated heterocycles. The number of hydrogen-bond acceptors (Lipinski definition) is 5. The number of esters is 1. The lowest BCUT2D eigenvalue weighted by Crippen LogP contribution is -2.31. The first-order chi connectivity index (χ1) is 8.62. The van der Waals surface area contributed by atoms with Crippen molar-refractivity contribution in [2.24, 2.45) is 0 Å². The molecule has 1 amide bonds. The fourth-order valence-electron chi connectivity index (χ4n) is 1.34. The molecular weight excluding hydrogens is 238 g/mol. The van der Waals surface area contributed by atoms with Gasteiger partial charge in [0.1, 0.15) is 11.5 Å². The number of carbonyl (C=O) groups is 2. The van der Waals surface area contributed by atoms with Crippen LogP contribution in [0.25, 0.3) is 0 Å². The summed E-state index contributed by atoms with van der Waals surface area (Å²) in [5.74, 6) is -0.507. The van der Waals surface area contributed by atoms with Crippen molar-refractivity contribution in [3.05, 3.63) is 23.8 Å². The summed E-state index contributed by atoms with van der Waals surface area (Å²) in [5, 5.41) is 2.43. The van der Waals surface area contributed by atoms with E-state index >= 15 is 0 Å². The summed E-state index contributed by atoms with van der Waals surface area (Å²) in [6, 6.07) is 5.18. The Kier molecular flexibility index (Phi) is 4.98. The second-order valence-electron chi connectivity index (χ2n) is 3.35. The molecule has 1 N–H and O–H groups in total. The van der Waals surface area contributed by atoms with Gasteiger partial charge >= 0.3 is 11.9 Å². The van der Waals surface area contributed by atoms with Crippen LogP contribution in [0.1, 0.15) is 5.56 Å². The van der Waals surface area contributed by atoms with Crippen LogP contribution in [0, 0.1) is 0 Å².